The largest absolute Gasteiger partial charge is 0.388 e. The van der Waals surface area contributed by atoms with Gasteiger partial charge in [0.25, 0.3) is 0 Å². The van der Waals surface area contributed by atoms with E-state index >= 15 is 0 Å². The lowest BCUT2D eigenvalue weighted by Crippen LogP contribution is -2.44. The van der Waals surface area contributed by atoms with Crippen molar-refractivity contribution in [3.8, 4) is 0 Å². The third kappa shape index (κ3) is 6.03. The summed E-state index contributed by atoms with van der Waals surface area (Å²) in [4.78, 5) is 11.6. The van der Waals surface area contributed by atoms with Gasteiger partial charge in [0.05, 0.1) is 12.1 Å². The topological polar surface area (TPSA) is 61.4 Å². The molecular weight excluding hydrogens is 216 g/mol. The Morgan fingerprint density at radius 3 is 2.65 bits per heavy atom. The van der Waals surface area contributed by atoms with E-state index in [1.165, 1.54) is 25.7 Å². The molecule has 1 aliphatic carbocycles. The molecule has 1 amide bonds. The molecule has 1 rings (SSSR count). The van der Waals surface area contributed by atoms with Crippen LogP contribution in [-0.2, 0) is 4.79 Å². The molecule has 1 saturated carbocycles. The summed E-state index contributed by atoms with van der Waals surface area (Å²) in [6.07, 6.45) is 6.53. The minimum Gasteiger partial charge on any atom is -0.388 e. The van der Waals surface area contributed by atoms with Gasteiger partial charge in [-0.3, -0.25) is 4.79 Å². The zero-order valence-electron chi connectivity index (χ0n) is 11.1. The molecule has 1 fully saturated rings. The van der Waals surface area contributed by atoms with E-state index in [9.17, 15) is 9.90 Å². The molecule has 0 bridgehead atoms. The highest BCUT2D eigenvalue weighted by Gasteiger charge is 2.20. The summed E-state index contributed by atoms with van der Waals surface area (Å²) >= 11 is 0. The van der Waals surface area contributed by atoms with Gasteiger partial charge in [0.15, 0.2) is 0 Å². The average Bonchev–Trinajstić information content (AvgIpc) is 2.76. The van der Waals surface area contributed by atoms with Crippen molar-refractivity contribution in [1.82, 2.24) is 10.6 Å². The predicted octanol–water partition coefficient (Wildman–Crippen LogP) is 1.19. The van der Waals surface area contributed by atoms with E-state index in [0.29, 0.717) is 25.6 Å². The van der Waals surface area contributed by atoms with E-state index < -0.39 is 5.60 Å². The molecule has 1 aliphatic rings. The van der Waals surface area contributed by atoms with Gasteiger partial charge in [0, 0.05) is 12.6 Å². The number of carbonyl (C=O) groups excluding carboxylic acids is 1. The van der Waals surface area contributed by atoms with Crippen molar-refractivity contribution in [2.24, 2.45) is 0 Å². The first-order valence-corrected chi connectivity index (χ1v) is 6.76. The van der Waals surface area contributed by atoms with E-state index in [1.54, 1.807) is 6.92 Å². The van der Waals surface area contributed by atoms with Crippen molar-refractivity contribution < 1.29 is 9.90 Å². The zero-order valence-corrected chi connectivity index (χ0v) is 11.1. The summed E-state index contributed by atoms with van der Waals surface area (Å²) in [6.45, 7) is 4.50. The van der Waals surface area contributed by atoms with Crippen molar-refractivity contribution in [3.05, 3.63) is 0 Å². The maximum atomic E-state index is 11.6. The Hall–Kier alpha value is -0.610. The van der Waals surface area contributed by atoms with E-state index in [2.05, 4.69) is 10.6 Å². The Labute approximate surface area is 104 Å². The molecule has 0 spiro atoms. The lowest BCUT2D eigenvalue weighted by molar-refractivity contribution is -0.121. The number of aliphatic hydroxyl groups is 1. The number of hydrogen-bond donors (Lipinski definition) is 3. The molecular formula is C13H26N2O2. The van der Waals surface area contributed by atoms with Crippen molar-refractivity contribution in [1.29, 1.82) is 0 Å². The fourth-order valence-corrected chi connectivity index (χ4v) is 2.35. The van der Waals surface area contributed by atoms with Gasteiger partial charge in [0.2, 0.25) is 5.91 Å². The Morgan fingerprint density at radius 2 is 2.06 bits per heavy atom. The molecule has 0 radical (unpaired) electrons. The maximum absolute atomic E-state index is 11.6. The Balaban J connectivity index is 2.11. The Bertz CT molecular complexity index is 236. The lowest BCUT2D eigenvalue weighted by Gasteiger charge is -2.23. The van der Waals surface area contributed by atoms with Gasteiger partial charge < -0.3 is 15.7 Å². The van der Waals surface area contributed by atoms with Crippen molar-refractivity contribution in [2.45, 2.75) is 64.0 Å². The summed E-state index contributed by atoms with van der Waals surface area (Å²) in [5.74, 6) is -0.0201. The highest BCUT2D eigenvalue weighted by atomic mass is 16.3. The SMILES string of the molecule is CCCC(C)(O)CNC(=O)CNC1CCCC1. The van der Waals surface area contributed by atoms with Gasteiger partial charge in [-0.25, -0.2) is 0 Å². The van der Waals surface area contributed by atoms with E-state index in [0.717, 1.165) is 6.42 Å². The van der Waals surface area contributed by atoms with Crippen LogP contribution in [0.2, 0.25) is 0 Å². The third-order valence-electron chi connectivity index (χ3n) is 3.36. The van der Waals surface area contributed by atoms with E-state index in [-0.39, 0.29) is 5.91 Å². The van der Waals surface area contributed by atoms with Gasteiger partial charge in [-0.15, -0.1) is 0 Å². The van der Waals surface area contributed by atoms with Crippen LogP contribution in [0.15, 0.2) is 0 Å². The summed E-state index contributed by atoms with van der Waals surface area (Å²) in [6, 6.07) is 0.511. The summed E-state index contributed by atoms with van der Waals surface area (Å²) in [5, 5.41) is 15.9. The minimum atomic E-state index is -0.780. The first kappa shape index (κ1) is 14.5. The van der Waals surface area contributed by atoms with Crippen LogP contribution in [0.25, 0.3) is 0 Å². The first-order valence-electron chi connectivity index (χ1n) is 6.76. The molecule has 0 aliphatic heterocycles. The van der Waals surface area contributed by atoms with Gasteiger partial charge in [0.1, 0.15) is 0 Å². The van der Waals surface area contributed by atoms with Crippen molar-refractivity contribution >= 4 is 5.91 Å². The molecule has 100 valence electrons. The molecule has 0 heterocycles. The van der Waals surface area contributed by atoms with Gasteiger partial charge in [-0.2, -0.15) is 0 Å². The Kier molecular flexibility index (Phi) is 5.92. The van der Waals surface area contributed by atoms with Gasteiger partial charge in [-0.05, 0) is 26.2 Å². The van der Waals surface area contributed by atoms with Crippen LogP contribution in [0.3, 0.4) is 0 Å². The molecule has 0 saturated heterocycles. The van der Waals surface area contributed by atoms with E-state index in [4.69, 9.17) is 0 Å². The zero-order chi connectivity index (χ0) is 12.7. The Morgan fingerprint density at radius 1 is 1.41 bits per heavy atom. The number of amides is 1. The van der Waals surface area contributed by atoms with Crippen molar-refractivity contribution in [3.63, 3.8) is 0 Å². The summed E-state index contributed by atoms with van der Waals surface area (Å²) in [7, 11) is 0. The highest BCUT2D eigenvalue weighted by Crippen LogP contribution is 2.17. The summed E-state index contributed by atoms with van der Waals surface area (Å²) in [5.41, 5.74) is -0.780. The number of nitrogens with one attached hydrogen (secondary N) is 2. The highest BCUT2D eigenvalue weighted by molar-refractivity contribution is 5.78. The quantitative estimate of drug-likeness (QED) is 0.628. The lowest BCUT2D eigenvalue weighted by atomic mass is 10.0. The van der Waals surface area contributed by atoms with Crippen LogP contribution < -0.4 is 10.6 Å². The van der Waals surface area contributed by atoms with Crippen LogP contribution in [0.5, 0.6) is 0 Å². The molecule has 1 unspecified atom stereocenters. The van der Waals surface area contributed by atoms with Crippen LogP contribution in [0.4, 0.5) is 0 Å². The fourth-order valence-electron chi connectivity index (χ4n) is 2.35. The summed E-state index contributed by atoms with van der Waals surface area (Å²) < 4.78 is 0. The number of rotatable bonds is 7. The number of hydrogen-bond acceptors (Lipinski definition) is 3. The average molecular weight is 242 g/mol. The van der Waals surface area contributed by atoms with Crippen LogP contribution in [0.1, 0.15) is 52.4 Å². The molecule has 17 heavy (non-hydrogen) atoms. The molecule has 0 aromatic heterocycles. The molecule has 0 aromatic rings. The second-order valence-corrected chi connectivity index (χ2v) is 5.39. The molecule has 0 aromatic carbocycles. The minimum absolute atomic E-state index is 0.0201. The second kappa shape index (κ2) is 6.97. The predicted molar refractivity (Wildman–Crippen MR) is 68.8 cm³/mol. The molecule has 1 atom stereocenters. The first-order chi connectivity index (χ1) is 8.03. The molecule has 4 nitrogen and oxygen atoms in total. The standard InChI is InChI=1S/C13H26N2O2/c1-3-8-13(2,17)10-15-12(16)9-14-11-6-4-5-7-11/h11,14,17H,3-10H2,1-2H3,(H,15,16). The van der Waals surface area contributed by atoms with Crippen molar-refractivity contribution in [2.75, 3.05) is 13.1 Å². The normalized spacial score (nSPS) is 20.2. The van der Waals surface area contributed by atoms with Gasteiger partial charge >= 0.3 is 0 Å². The third-order valence-corrected chi connectivity index (χ3v) is 3.36. The monoisotopic (exact) mass is 242 g/mol. The van der Waals surface area contributed by atoms with Crippen LogP contribution >= 0.6 is 0 Å². The smallest absolute Gasteiger partial charge is 0.234 e. The van der Waals surface area contributed by atoms with Gasteiger partial charge in [-0.1, -0.05) is 26.2 Å². The van der Waals surface area contributed by atoms with Crippen LogP contribution in [-0.4, -0.2) is 35.7 Å². The fraction of sp³-hybridized carbons (Fsp3) is 0.923. The second-order valence-electron chi connectivity index (χ2n) is 5.39. The molecule has 4 heteroatoms. The van der Waals surface area contributed by atoms with Crippen LogP contribution in [0, 0.1) is 0 Å². The number of carbonyl (C=O) groups is 1. The van der Waals surface area contributed by atoms with E-state index in [1.807, 2.05) is 6.92 Å². The molecule has 3 N–H and O–H groups in total. The maximum Gasteiger partial charge on any atom is 0.234 e.